The average Bonchev–Trinajstić information content (AvgIpc) is 2.93. The number of fused-ring (bicyclic) bond motifs is 1. The predicted molar refractivity (Wildman–Crippen MR) is 95.1 cm³/mol. The van der Waals surface area contributed by atoms with Crippen LogP contribution >= 0.6 is 12.4 Å². The third kappa shape index (κ3) is 3.16. The van der Waals surface area contributed by atoms with E-state index in [4.69, 9.17) is 5.73 Å². The maximum atomic E-state index is 5.85. The summed E-state index contributed by atoms with van der Waals surface area (Å²) in [7, 11) is 0. The van der Waals surface area contributed by atoms with Crippen molar-refractivity contribution in [2.45, 2.75) is 26.9 Å². The highest BCUT2D eigenvalue weighted by Gasteiger charge is 2.09. The number of halogens is 1. The molecule has 1 aromatic heterocycles. The molecule has 0 amide bonds. The number of hydrogen-bond acceptors (Lipinski definition) is 2. The van der Waals surface area contributed by atoms with Gasteiger partial charge < -0.3 is 5.73 Å². The minimum Gasteiger partial charge on any atom is -0.326 e. The number of aromatic nitrogens is 2. The Balaban J connectivity index is 0.00000176. The van der Waals surface area contributed by atoms with Crippen LogP contribution in [0.25, 0.3) is 21.9 Å². The van der Waals surface area contributed by atoms with E-state index in [0.717, 1.165) is 12.1 Å². The Kier molecular flexibility index (Phi) is 5.22. The largest absolute Gasteiger partial charge is 0.326 e. The summed E-state index contributed by atoms with van der Waals surface area (Å²) in [4.78, 5) is 0. The maximum Gasteiger partial charge on any atom is 0.0568 e. The minimum atomic E-state index is 0. The van der Waals surface area contributed by atoms with Gasteiger partial charge in [0.15, 0.2) is 0 Å². The molecular formula is C18H22ClN3. The molecule has 0 aliphatic heterocycles. The van der Waals surface area contributed by atoms with Crippen LogP contribution in [0, 0.1) is 5.92 Å². The number of nitrogens with zero attached hydrogens (tertiary/aromatic N) is 2. The summed E-state index contributed by atoms with van der Waals surface area (Å²) in [5.74, 6) is 0.592. The van der Waals surface area contributed by atoms with Crippen molar-refractivity contribution in [3.63, 3.8) is 0 Å². The van der Waals surface area contributed by atoms with E-state index in [1.165, 1.54) is 21.9 Å². The van der Waals surface area contributed by atoms with E-state index in [-0.39, 0.29) is 12.4 Å². The molecular weight excluding hydrogens is 294 g/mol. The highest BCUT2D eigenvalue weighted by atomic mass is 35.5. The molecule has 0 aliphatic rings. The van der Waals surface area contributed by atoms with Crippen LogP contribution in [0.1, 0.15) is 19.4 Å². The van der Waals surface area contributed by atoms with Crippen LogP contribution in [0.2, 0.25) is 0 Å². The van der Waals surface area contributed by atoms with Crippen LogP contribution in [0.4, 0.5) is 0 Å². The molecule has 22 heavy (non-hydrogen) atoms. The van der Waals surface area contributed by atoms with Crippen molar-refractivity contribution in [3.05, 3.63) is 54.4 Å². The number of benzene rings is 2. The van der Waals surface area contributed by atoms with Gasteiger partial charge in [0.2, 0.25) is 0 Å². The third-order valence-electron chi connectivity index (χ3n) is 3.73. The first-order valence-electron chi connectivity index (χ1n) is 7.42. The zero-order valence-corrected chi connectivity index (χ0v) is 13.8. The summed E-state index contributed by atoms with van der Waals surface area (Å²) in [5, 5.41) is 6.95. The van der Waals surface area contributed by atoms with Gasteiger partial charge in [-0.05, 0) is 27.8 Å². The lowest BCUT2D eigenvalue weighted by Gasteiger charge is -2.09. The van der Waals surface area contributed by atoms with Crippen LogP contribution in [0.15, 0.2) is 48.8 Å². The second kappa shape index (κ2) is 6.95. The van der Waals surface area contributed by atoms with Crippen LogP contribution in [-0.4, -0.2) is 9.78 Å². The van der Waals surface area contributed by atoms with E-state index in [0.29, 0.717) is 12.5 Å². The molecule has 0 fully saturated rings. The molecule has 0 spiro atoms. The standard InChI is InChI=1S/C18H21N3.ClH/c1-13(2)11-21-12-15(10-20-21)17-8-7-14(9-19)16-5-3-4-6-18(16)17;/h3-8,10,12-13H,9,11,19H2,1-2H3;1H. The van der Waals surface area contributed by atoms with Crippen LogP contribution < -0.4 is 5.73 Å². The lowest BCUT2D eigenvalue weighted by atomic mass is 9.97. The molecule has 0 radical (unpaired) electrons. The zero-order chi connectivity index (χ0) is 14.8. The molecule has 0 atom stereocenters. The van der Waals surface area contributed by atoms with Gasteiger partial charge in [0, 0.05) is 24.8 Å². The first-order chi connectivity index (χ1) is 10.2. The van der Waals surface area contributed by atoms with Gasteiger partial charge >= 0.3 is 0 Å². The van der Waals surface area contributed by atoms with Crippen molar-refractivity contribution in [1.29, 1.82) is 0 Å². The maximum absolute atomic E-state index is 5.85. The Labute approximate surface area is 137 Å². The molecule has 2 N–H and O–H groups in total. The van der Waals surface area contributed by atoms with Crippen LogP contribution in [-0.2, 0) is 13.1 Å². The van der Waals surface area contributed by atoms with Gasteiger partial charge in [-0.15, -0.1) is 12.4 Å². The topological polar surface area (TPSA) is 43.8 Å². The molecule has 1 heterocycles. The molecule has 3 nitrogen and oxygen atoms in total. The fourth-order valence-electron chi connectivity index (χ4n) is 2.77. The lowest BCUT2D eigenvalue weighted by molar-refractivity contribution is 0.483. The zero-order valence-electron chi connectivity index (χ0n) is 13.0. The molecule has 0 saturated carbocycles. The summed E-state index contributed by atoms with van der Waals surface area (Å²) in [6, 6.07) is 12.7. The second-order valence-corrected chi connectivity index (χ2v) is 5.87. The summed E-state index contributed by atoms with van der Waals surface area (Å²) >= 11 is 0. The Morgan fingerprint density at radius 1 is 1.09 bits per heavy atom. The minimum absolute atomic E-state index is 0. The lowest BCUT2D eigenvalue weighted by Crippen LogP contribution is -2.04. The SMILES string of the molecule is CC(C)Cn1cc(-c2ccc(CN)c3ccccc23)cn1.Cl. The van der Waals surface area contributed by atoms with E-state index in [9.17, 15) is 0 Å². The Hall–Kier alpha value is -1.84. The van der Waals surface area contributed by atoms with Gasteiger partial charge in [-0.3, -0.25) is 4.68 Å². The normalized spacial score (nSPS) is 10.9. The van der Waals surface area contributed by atoms with Crippen molar-refractivity contribution in [2.75, 3.05) is 0 Å². The van der Waals surface area contributed by atoms with Gasteiger partial charge in [0.25, 0.3) is 0 Å². The smallest absolute Gasteiger partial charge is 0.0568 e. The fourth-order valence-corrected chi connectivity index (χ4v) is 2.77. The molecule has 116 valence electrons. The highest BCUT2D eigenvalue weighted by molar-refractivity contribution is 5.98. The molecule has 0 unspecified atom stereocenters. The Morgan fingerprint density at radius 3 is 2.50 bits per heavy atom. The highest BCUT2D eigenvalue weighted by Crippen LogP contribution is 2.30. The molecule has 0 saturated heterocycles. The summed E-state index contributed by atoms with van der Waals surface area (Å²) in [6.45, 7) is 5.91. The van der Waals surface area contributed by atoms with Crippen molar-refractivity contribution in [2.24, 2.45) is 11.7 Å². The van der Waals surface area contributed by atoms with Crippen molar-refractivity contribution in [3.8, 4) is 11.1 Å². The number of nitrogens with two attached hydrogens (primary N) is 1. The van der Waals surface area contributed by atoms with Gasteiger partial charge in [-0.2, -0.15) is 5.10 Å². The van der Waals surface area contributed by atoms with E-state index < -0.39 is 0 Å². The Morgan fingerprint density at radius 2 is 1.82 bits per heavy atom. The molecule has 4 heteroatoms. The van der Waals surface area contributed by atoms with Crippen molar-refractivity contribution < 1.29 is 0 Å². The van der Waals surface area contributed by atoms with Crippen molar-refractivity contribution in [1.82, 2.24) is 9.78 Å². The van der Waals surface area contributed by atoms with Crippen molar-refractivity contribution >= 4 is 23.2 Å². The average molecular weight is 316 g/mol. The first kappa shape index (κ1) is 16.5. The summed E-state index contributed by atoms with van der Waals surface area (Å²) in [6.07, 6.45) is 4.08. The van der Waals surface area contributed by atoms with Gasteiger partial charge in [-0.25, -0.2) is 0 Å². The number of rotatable bonds is 4. The predicted octanol–water partition coefficient (Wildman–Crippen LogP) is 4.24. The fraction of sp³-hybridized carbons (Fsp3) is 0.278. The summed E-state index contributed by atoms with van der Waals surface area (Å²) < 4.78 is 2.02. The van der Waals surface area contributed by atoms with Crippen LogP contribution in [0.5, 0.6) is 0 Å². The molecule has 0 bridgehead atoms. The first-order valence-corrected chi connectivity index (χ1v) is 7.42. The molecule has 3 rings (SSSR count). The summed E-state index contributed by atoms with van der Waals surface area (Å²) in [5.41, 5.74) is 9.41. The quantitative estimate of drug-likeness (QED) is 0.782. The molecule has 3 aromatic rings. The van der Waals surface area contributed by atoms with E-state index in [1.54, 1.807) is 0 Å². The van der Waals surface area contributed by atoms with Gasteiger partial charge in [0.05, 0.1) is 6.20 Å². The van der Waals surface area contributed by atoms with Gasteiger partial charge in [0.1, 0.15) is 0 Å². The van der Waals surface area contributed by atoms with E-state index in [2.05, 4.69) is 61.5 Å². The van der Waals surface area contributed by atoms with E-state index >= 15 is 0 Å². The molecule has 0 aliphatic carbocycles. The monoisotopic (exact) mass is 315 g/mol. The third-order valence-corrected chi connectivity index (χ3v) is 3.73. The van der Waals surface area contributed by atoms with Crippen LogP contribution in [0.3, 0.4) is 0 Å². The number of hydrogen-bond donors (Lipinski definition) is 1. The molecule has 2 aromatic carbocycles. The van der Waals surface area contributed by atoms with Gasteiger partial charge in [-0.1, -0.05) is 50.2 Å². The Bertz CT molecular complexity index is 762. The second-order valence-electron chi connectivity index (χ2n) is 5.87. The van der Waals surface area contributed by atoms with E-state index in [1.807, 2.05) is 10.9 Å².